The first kappa shape index (κ1) is 21.0. The third kappa shape index (κ3) is 3.89. The smallest absolute Gasteiger partial charge is 0.404 e. The van der Waals surface area contributed by atoms with Crippen LogP contribution in [0.5, 0.6) is 11.5 Å². The summed E-state index contributed by atoms with van der Waals surface area (Å²) in [5, 5.41) is 19.3. The molecule has 0 radical (unpaired) electrons. The van der Waals surface area contributed by atoms with Gasteiger partial charge in [0.25, 0.3) is 0 Å². The van der Waals surface area contributed by atoms with Gasteiger partial charge in [0.05, 0.1) is 23.9 Å². The Morgan fingerprint density at radius 1 is 1.42 bits per heavy atom. The zero-order valence-corrected chi connectivity index (χ0v) is 18.0. The molecule has 2 aromatic heterocycles. The van der Waals surface area contributed by atoms with Crippen molar-refractivity contribution in [3.8, 4) is 11.5 Å². The van der Waals surface area contributed by atoms with Crippen LogP contribution in [0.4, 0.5) is 4.79 Å². The fraction of sp³-hybridized carbons (Fsp3) is 0.304. The summed E-state index contributed by atoms with van der Waals surface area (Å²) in [6.07, 6.45) is 4.11. The van der Waals surface area contributed by atoms with Crippen LogP contribution in [-0.4, -0.2) is 63.3 Å². The molecule has 2 aliphatic rings. The van der Waals surface area contributed by atoms with Crippen molar-refractivity contribution in [2.24, 2.45) is 0 Å². The molecule has 3 aromatic rings. The van der Waals surface area contributed by atoms with Crippen molar-refractivity contribution in [3.63, 3.8) is 0 Å². The first-order chi connectivity index (χ1) is 16.0. The number of Topliss-reactive ketones (excluding diaryl/α,β-unsaturated/α-hetero) is 1. The molecular weight excluding hydrogens is 426 g/mol. The molecule has 5 rings (SSSR count). The molecule has 0 unspecified atom stereocenters. The number of carboxylic acid groups (broad SMARTS) is 1. The van der Waals surface area contributed by atoms with Crippen LogP contribution in [0.1, 0.15) is 34.5 Å². The van der Waals surface area contributed by atoms with Crippen molar-refractivity contribution in [2.75, 3.05) is 20.2 Å². The van der Waals surface area contributed by atoms with E-state index in [2.05, 4.69) is 25.4 Å². The number of benzene rings is 1. The highest BCUT2D eigenvalue weighted by Crippen LogP contribution is 2.41. The number of pyridine rings is 1. The number of amides is 1. The Morgan fingerprint density at radius 2 is 2.30 bits per heavy atom. The minimum Gasteiger partial charge on any atom is -0.496 e. The van der Waals surface area contributed by atoms with E-state index in [0.29, 0.717) is 41.5 Å². The summed E-state index contributed by atoms with van der Waals surface area (Å²) in [6.45, 7) is 1.65. The molecule has 1 amide bonds. The number of likely N-dealkylation sites (tertiary alicyclic amines) is 1. The van der Waals surface area contributed by atoms with Gasteiger partial charge in [-0.05, 0) is 43.7 Å². The minimum atomic E-state index is -1.04. The number of fused-ring (bicyclic) bond motifs is 2. The van der Waals surface area contributed by atoms with Gasteiger partial charge in [0.15, 0.2) is 11.4 Å². The number of carbonyl (C=O) groups is 2. The van der Waals surface area contributed by atoms with Gasteiger partial charge in [-0.3, -0.25) is 14.8 Å². The molecular formula is C23H23N5O5. The van der Waals surface area contributed by atoms with E-state index >= 15 is 0 Å². The summed E-state index contributed by atoms with van der Waals surface area (Å²) in [6, 6.07) is 7.22. The molecule has 170 valence electrons. The minimum absolute atomic E-state index is 0.0664. The number of H-pyrrole nitrogens is 1. The van der Waals surface area contributed by atoms with E-state index in [0.717, 1.165) is 30.3 Å². The topological polar surface area (TPSA) is 130 Å². The van der Waals surface area contributed by atoms with Gasteiger partial charge >= 0.3 is 6.09 Å². The highest BCUT2D eigenvalue weighted by molar-refractivity contribution is 6.15. The van der Waals surface area contributed by atoms with Gasteiger partial charge in [-0.1, -0.05) is 0 Å². The SMILES string of the molecule is COc1ccc2c(c1CN1CCC[C@@H]1CNC(=O)O)OC(=Cc1n[nH]c3ncccc13)C2=O. The van der Waals surface area contributed by atoms with E-state index in [4.69, 9.17) is 14.6 Å². The molecule has 33 heavy (non-hydrogen) atoms. The predicted octanol–water partition coefficient (Wildman–Crippen LogP) is 2.81. The number of ether oxygens (including phenoxy) is 2. The fourth-order valence-corrected chi connectivity index (χ4v) is 4.48. The average molecular weight is 449 g/mol. The Kier molecular flexibility index (Phi) is 5.43. The molecule has 1 saturated heterocycles. The number of nitrogens with one attached hydrogen (secondary N) is 2. The Hall–Kier alpha value is -3.92. The van der Waals surface area contributed by atoms with E-state index < -0.39 is 6.09 Å². The molecule has 3 N–H and O–H groups in total. The van der Waals surface area contributed by atoms with Crippen LogP contribution in [0.3, 0.4) is 0 Å². The summed E-state index contributed by atoms with van der Waals surface area (Å²) in [4.78, 5) is 30.5. The standard InChI is InChI=1S/C23H23N5O5/c1-32-18-7-6-15-20(29)19(10-17-14-5-2-8-24-22(14)27-26-17)33-21(15)16(18)12-28-9-3-4-13(28)11-25-23(30)31/h2,5-8,10,13,25H,3-4,9,11-12H2,1H3,(H,30,31)(H,24,26,27)/t13-/m1/s1. The van der Waals surface area contributed by atoms with Gasteiger partial charge in [0.1, 0.15) is 11.5 Å². The number of allylic oxidation sites excluding steroid dienone is 1. The third-order valence-corrected chi connectivity index (χ3v) is 6.10. The Balaban J connectivity index is 1.46. The van der Waals surface area contributed by atoms with Crippen molar-refractivity contribution in [1.29, 1.82) is 0 Å². The van der Waals surface area contributed by atoms with Crippen LogP contribution in [0.25, 0.3) is 17.1 Å². The first-order valence-electron chi connectivity index (χ1n) is 10.7. The number of ketones is 1. The maximum Gasteiger partial charge on any atom is 0.404 e. The molecule has 0 aliphatic carbocycles. The molecule has 0 bridgehead atoms. The van der Waals surface area contributed by atoms with E-state index in [-0.39, 0.29) is 17.6 Å². The molecule has 4 heterocycles. The second-order valence-corrected chi connectivity index (χ2v) is 8.02. The highest BCUT2D eigenvalue weighted by Gasteiger charge is 2.34. The fourth-order valence-electron chi connectivity index (χ4n) is 4.48. The van der Waals surface area contributed by atoms with E-state index in [9.17, 15) is 9.59 Å². The lowest BCUT2D eigenvalue weighted by molar-refractivity contribution is 0.101. The van der Waals surface area contributed by atoms with Crippen molar-refractivity contribution >= 4 is 29.0 Å². The van der Waals surface area contributed by atoms with Gasteiger partial charge in [-0.25, -0.2) is 9.78 Å². The summed E-state index contributed by atoms with van der Waals surface area (Å²) in [5.74, 6) is 1.05. The number of carbonyl (C=O) groups excluding carboxylic acids is 1. The zero-order chi connectivity index (χ0) is 22.9. The maximum atomic E-state index is 13.1. The van der Waals surface area contributed by atoms with Gasteiger partial charge < -0.3 is 19.9 Å². The number of aromatic nitrogens is 3. The molecule has 2 aliphatic heterocycles. The lowest BCUT2D eigenvalue weighted by atomic mass is 10.0. The van der Waals surface area contributed by atoms with Crippen molar-refractivity contribution in [1.82, 2.24) is 25.4 Å². The van der Waals surface area contributed by atoms with Crippen LogP contribution < -0.4 is 14.8 Å². The lowest BCUT2D eigenvalue weighted by Gasteiger charge is -2.25. The normalized spacial score (nSPS) is 19.1. The average Bonchev–Trinajstić information content (AvgIpc) is 3.51. The second kappa shape index (κ2) is 8.55. The number of nitrogens with zero attached hydrogens (tertiary/aromatic N) is 3. The molecule has 10 nitrogen and oxygen atoms in total. The van der Waals surface area contributed by atoms with Gasteiger partial charge in [0, 0.05) is 36.8 Å². The van der Waals surface area contributed by atoms with Crippen molar-refractivity contribution in [3.05, 3.63) is 53.0 Å². The van der Waals surface area contributed by atoms with Gasteiger partial charge in [-0.2, -0.15) is 5.10 Å². The van der Waals surface area contributed by atoms with Gasteiger partial charge in [-0.15, -0.1) is 0 Å². The monoisotopic (exact) mass is 449 g/mol. The molecule has 10 heteroatoms. The molecule has 1 aromatic carbocycles. The first-order valence-corrected chi connectivity index (χ1v) is 10.7. The van der Waals surface area contributed by atoms with Crippen LogP contribution in [0.2, 0.25) is 0 Å². The Labute approximate surface area is 189 Å². The molecule has 0 spiro atoms. The van der Waals surface area contributed by atoms with E-state index in [1.165, 1.54) is 0 Å². The number of methoxy groups -OCH3 is 1. The van der Waals surface area contributed by atoms with Crippen molar-refractivity contribution < 1.29 is 24.2 Å². The Bertz CT molecular complexity index is 1270. The van der Waals surface area contributed by atoms with Crippen molar-refractivity contribution in [2.45, 2.75) is 25.4 Å². The van der Waals surface area contributed by atoms with Crippen LogP contribution in [-0.2, 0) is 6.54 Å². The summed E-state index contributed by atoms with van der Waals surface area (Å²) in [5.41, 5.74) is 2.43. The number of aromatic amines is 1. The Morgan fingerprint density at radius 3 is 3.12 bits per heavy atom. The molecule has 1 fully saturated rings. The third-order valence-electron chi connectivity index (χ3n) is 6.10. The van der Waals surface area contributed by atoms with Crippen LogP contribution in [0, 0.1) is 0 Å². The lowest BCUT2D eigenvalue weighted by Crippen LogP contribution is -2.39. The van der Waals surface area contributed by atoms with Crippen LogP contribution >= 0.6 is 0 Å². The van der Waals surface area contributed by atoms with Crippen LogP contribution in [0.15, 0.2) is 36.2 Å². The second-order valence-electron chi connectivity index (χ2n) is 8.02. The van der Waals surface area contributed by atoms with E-state index in [1.54, 1.807) is 37.6 Å². The number of hydrogen-bond donors (Lipinski definition) is 3. The summed E-state index contributed by atoms with van der Waals surface area (Å²) >= 11 is 0. The molecule has 0 saturated carbocycles. The molecule has 1 atom stereocenters. The maximum absolute atomic E-state index is 13.1. The number of hydrogen-bond acceptors (Lipinski definition) is 7. The highest BCUT2D eigenvalue weighted by atomic mass is 16.5. The summed E-state index contributed by atoms with van der Waals surface area (Å²) in [7, 11) is 1.58. The quantitative estimate of drug-likeness (QED) is 0.490. The largest absolute Gasteiger partial charge is 0.496 e. The summed E-state index contributed by atoms with van der Waals surface area (Å²) < 4.78 is 11.7. The predicted molar refractivity (Wildman–Crippen MR) is 119 cm³/mol. The van der Waals surface area contributed by atoms with Gasteiger partial charge in [0.2, 0.25) is 5.78 Å². The van der Waals surface area contributed by atoms with E-state index in [1.807, 2.05) is 6.07 Å². The number of rotatable bonds is 6. The zero-order valence-electron chi connectivity index (χ0n) is 18.0.